The van der Waals surface area contributed by atoms with Crippen LogP contribution in [0.3, 0.4) is 0 Å². The Hall–Kier alpha value is -4.06. The van der Waals surface area contributed by atoms with E-state index in [4.69, 9.17) is 9.47 Å². The van der Waals surface area contributed by atoms with Gasteiger partial charge in [0.05, 0.1) is 25.8 Å². The number of nitrogens with zero attached hydrogens (tertiary/aromatic N) is 1. The minimum atomic E-state index is -0.836. The molecule has 1 unspecified atom stereocenters. The fraction of sp³-hybridized carbons (Fsp3) is 0.290. The summed E-state index contributed by atoms with van der Waals surface area (Å²) < 4.78 is 10.8. The van der Waals surface area contributed by atoms with Crippen LogP contribution in [0.4, 0.5) is 5.69 Å². The van der Waals surface area contributed by atoms with Crippen molar-refractivity contribution in [1.82, 2.24) is 0 Å². The molecule has 1 saturated heterocycles. The first-order valence-electron chi connectivity index (χ1n) is 12.2. The van der Waals surface area contributed by atoms with E-state index in [1.807, 2.05) is 50.2 Å². The van der Waals surface area contributed by atoms with Gasteiger partial charge in [0.25, 0.3) is 11.7 Å². The maximum Gasteiger partial charge on any atom is 0.300 e. The van der Waals surface area contributed by atoms with E-state index < -0.39 is 17.7 Å². The summed E-state index contributed by atoms with van der Waals surface area (Å²) in [4.78, 5) is 28.5. The van der Waals surface area contributed by atoms with Gasteiger partial charge in [-0.1, -0.05) is 45.0 Å². The maximum atomic E-state index is 13.5. The van der Waals surface area contributed by atoms with Crippen LogP contribution in [0, 0.1) is 13.8 Å². The number of amides is 1. The first-order valence-corrected chi connectivity index (χ1v) is 12.2. The lowest BCUT2D eigenvalue weighted by molar-refractivity contribution is -0.132. The number of anilines is 1. The van der Waals surface area contributed by atoms with Gasteiger partial charge in [-0.05, 0) is 77.9 Å². The number of hydrogen-bond acceptors (Lipinski definition) is 5. The summed E-state index contributed by atoms with van der Waals surface area (Å²) >= 11 is 0. The number of carbonyl (C=O) groups excluding carboxylic acids is 2. The largest absolute Gasteiger partial charge is 0.507 e. The Labute approximate surface area is 218 Å². The highest BCUT2D eigenvalue weighted by Gasteiger charge is 2.47. The lowest BCUT2D eigenvalue weighted by atomic mass is 9.87. The molecule has 1 fully saturated rings. The summed E-state index contributed by atoms with van der Waals surface area (Å²) in [6.07, 6.45) is 0. The molecule has 4 rings (SSSR count). The van der Waals surface area contributed by atoms with Crippen molar-refractivity contribution in [3.63, 3.8) is 0 Å². The summed E-state index contributed by atoms with van der Waals surface area (Å²) in [7, 11) is 3.14. The molecule has 0 bridgehead atoms. The molecule has 0 radical (unpaired) electrons. The van der Waals surface area contributed by atoms with Crippen LogP contribution in [0.5, 0.6) is 11.5 Å². The highest BCUT2D eigenvalue weighted by molar-refractivity contribution is 6.51. The molecule has 0 spiro atoms. The Bertz CT molecular complexity index is 1400. The Morgan fingerprint density at radius 2 is 1.57 bits per heavy atom. The first kappa shape index (κ1) is 26.0. The van der Waals surface area contributed by atoms with Gasteiger partial charge in [0.2, 0.25) is 0 Å². The summed E-state index contributed by atoms with van der Waals surface area (Å²) in [6, 6.07) is 17.6. The third-order valence-electron chi connectivity index (χ3n) is 6.86. The molecule has 0 aliphatic carbocycles. The average molecular weight is 500 g/mol. The number of hydrogen-bond donors (Lipinski definition) is 1. The molecule has 37 heavy (non-hydrogen) atoms. The Kier molecular flexibility index (Phi) is 6.87. The molecule has 1 atom stereocenters. The second kappa shape index (κ2) is 9.77. The first-order chi connectivity index (χ1) is 17.5. The molecule has 3 aromatic carbocycles. The zero-order valence-electron chi connectivity index (χ0n) is 22.4. The van der Waals surface area contributed by atoms with Gasteiger partial charge in [-0.2, -0.15) is 0 Å². The van der Waals surface area contributed by atoms with Gasteiger partial charge in [0, 0.05) is 11.3 Å². The van der Waals surface area contributed by atoms with Crippen molar-refractivity contribution in [1.29, 1.82) is 0 Å². The van der Waals surface area contributed by atoms with E-state index in [2.05, 4.69) is 20.8 Å². The van der Waals surface area contributed by atoms with Crippen LogP contribution in [-0.4, -0.2) is 31.0 Å². The van der Waals surface area contributed by atoms with Crippen LogP contribution in [0.1, 0.15) is 54.6 Å². The average Bonchev–Trinajstić information content (AvgIpc) is 3.14. The molecule has 1 N–H and O–H groups in total. The molecule has 0 saturated carbocycles. The molecular formula is C31H33NO5. The van der Waals surface area contributed by atoms with Gasteiger partial charge < -0.3 is 14.6 Å². The Morgan fingerprint density at radius 1 is 0.892 bits per heavy atom. The standard InChI is InChI=1S/C31H33NO5/c1-18-16-25(37-7)19(2)15-24(18)28(33)26-27(20-9-8-10-23(17-20)36-6)32(30(35)29(26)34)22-13-11-21(12-14-22)31(3,4)5/h8-17,27,33H,1-7H3/b28-26+. The van der Waals surface area contributed by atoms with Crippen LogP contribution in [-0.2, 0) is 15.0 Å². The van der Waals surface area contributed by atoms with Gasteiger partial charge >= 0.3 is 0 Å². The van der Waals surface area contributed by atoms with Crippen LogP contribution in [0.15, 0.2) is 66.2 Å². The Balaban J connectivity index is 1.95. The number of methoxy groups -OCH3 is 2. The number of carbonyl (C=O) groups is 2. The number of ketones is 1. The SMILES string of the molecule is COc1cccc(C2/C(=C(\O)c3cc(C)c(OC)cc3C)C(=O)C(=O)N2c2ccc(C(C)(C)C)cc2)c1. The van der Waals surface area contributed by atoms with E-state index >= 15 is 0 Å². The number of aryl methyl sites for hydroxylation is 2. The van der Waals surface area contributed by atoms with Crippen molar-refractivity contribution in [2.24, 2.45) is 0 Å². The highest BCUT2D eigenvalue weighted by Crippen LogP contribution is 2.44. The van der Waals surface area contributed by atoms with Crippen molar-refractivity contribution in [2.45, 2.75) is 46.1 Å². The maximum absolute atomic E-state index is 13.5. The fourth-order valence-electron chi connectivity index (χ4n) is 4.76. The summed E-state index contributed by atoms with van der Waals surface area (Å²) in [6.45, 7) is 10.0. The van der Waals surface area contributed by atoms with Crippen LogP contribution >= 0.6 is 0 Å². The van der Waals surface area contributed by atoms with E-state index in [1.165, 1.54) is 4.90 Å². The molecule has 1 heterocycles. The van der Waals surface area contributed by atoms with Crippen LogP contribution in [0.2, 0.25) is 0 Å². The number of Topliss-reactive ketones (excluding diaryl/α,β-unsaturated/α-hetero) is 1. The lowest BCUT2D eigenvalue weighted by Crippen LogP contribution is -2.29. The lowest BCUT2D eigenvalue weighted by Gasteiger charge is -2.27. The van der Waals surface area contributed by atoms with E-state index in [-0.39, 0.29) is 16.7 Å². The Morgan fingerprint density at radius 3 is 2.16 bits per heavy atom. The van der Waals surface area contributed by atoms with Crippen molar-refractivity contribution in [3.05, 3.63) is 94.1 Å². The summed E-state index contributed by atoms with van der Waals surface area (Å²) in [5.74, 6) is -0.387. The fourth-order valence-corrected chi connectivity index (χ4v) is 4.76. The molecule has 6 nitrogen and oxygen atoms in total. The van der Waals surface area contributed by atoms with E-state index in [9.17, 15) is 14.7 Å². The quantitative estimate of drug-likeness (QED) is 0.255. The predicted octanol–water partition coefficient (Wildman–Crippen LogP) is 6.24. The molecule has 6 heteroatoms. The van der Waals surface area contributed by atoms with Gasteiger partial charge in [-0.15, -0.1) is 0 Å². The van der Waals surface area contributed by atoms with Gasteiger partial charge in [0.15, 0.2) is 0 Å². The summed E-state index contributed by atoms with van der Waals surface area (Å²) in [5, 5.41) is 11.6. The third kappa shape index (κ3) is 4.71. The predicted molar refractivity (Wildman–Crippen MR) is 145 cm³/mol. The second-order valence-electron chi connectivity index (χ2n) is 10.4. The van der Waals surface area contributed by atoms with E-state index in [1.54, 1.807) is 38.5 Å². The van der Waals surface area contributed by atoms with Gasteiger partial charge in [-0.3, -0.25) is 14.5 Å². The highest BCUT2D eigenvalue weighted by atomic mass is 16.5. The monoisotopic (exact) mass is 499 g/mol. The van der Waals surface area contributed by atoms with Crippen molar-refractivity contribution in [2.75, 3.05) is 19.1 Å². The topological polar surface area (TPSA) is 76.1 Å². The zero-order chi connectivity index (χ0) is 27.1. The second-order valence-corrected chi connectivity index (χ2v) is 10.4. The van der Waals surface area contributed by atoms with E-state index in [0.717, 1.165) is 16.7 Å². The third-order valence-corrected chi connectivity index (χ3v) is 6.86. The van der Waals surface area contributed by atoms with Crippen molar-refractivity contribution >= 4 is 23.1 Å². The number of rotatable bonds is 5. The number of ether oxygens (including phenoxy) is 2. The van der Waals surface area contributed by atoms with Crippen LogP contribution in [0.25, 0.3) is 5.76 Å². The number of aliphatic hydroxyl groups excluding tert-OH is 1. The normalized spacial score (nSPS) is 17.3. The molecule has 1 aliphatic rings. The molecule has 0 aromatic heterocycles. The molecular weight excluding hydrogens is 466 g/mol. The number of benzene rings is 3. The van der Waals surface area contributed by atoms with Gasteiger partial charge in [0.1, 0.15) is 17.3 Å². The van der Waals surface area contributed by atoms with Crippen LogP contribution < -0.4 is 14.4 Å². The number of aliphatic hydroxyl groups is 1. The molecule has 1 aliphatic heterocycles. The zero-order valence-corrected chi connectivity index (χ0v) is 22.4. The van der Waals surface area contributed by atoms with E-state index in [0.29, 0.717) is 28.3 Å². The van der Waals surface area contributed by atoms with Crippen molar-refractivity contribution in [3.8, 4) is 11.5 Å². The van der Waals surface area contributed by atoms with Crippen molar-refractivity contribution < 1.29 is 24.2 Å². The van der Waals surface area contributed by atoms with Gasteiger partial charge in [-0.25, -0.2) is 0 Å². The molecule has 3 aromatic rings. The minimum absolute atomic E-state index is 0.0332. The minimum Gasteiger partial charge on any atom is -0.507 e. The molecule has 192 valence electrons. The molecule has 1 amide bonds. The summed E-state index contributed by atoms with van der Waals surface area (Å²) in [5.41, 5.74) is 4.31. The smallest absolute Gasteiger partial charge is 0.300 e.